The van der Waals surface area contributed by atoms with E-state index in [1.54, 1.807) is 19.1 Å². The van der Waals surface area contributed by atoms with Crippen LogP contribution < -0.4 is 0 Å². The summed E-state index contributed by atoms with van der Waals surface area (Å²) in [6.07, 6.45) is -6.24. The lowest BCUT2D eigenvalue weighted by atomic mass is 10.0. The molecule has 1 atom stereocenters. The first-order valence-corrected chi connectivity index (χ1v) is 7.11. The van der Waals surface area contributed by atoms with Gasteiger partial charge in [0.25, 0.3) is 0 Å². The largest absolute Gasteiger partial charge is 0.419 e. The summed E-state index contributed by atoms with van der Waals surface area (Å²) in [7, 11) is 0. The quantitative estimate of drug-likeness (QED) is 0.734. The third kappa shape index (κ3) is 3.05. The van der Waals surface area contributed by atoms with Crippen molar-refractivity contribution in [3.05, 3.63) is 55.4 Å². The van der Waals surface area contributed by atoms with E-state index in [-0.39, 0.29) is 4.47 Å². The van der Waals surface area contributed by atoms with Crippen molar-refractivity contribution in [2.24, 2.45) is 0 Å². The van der Waals surface area contributed by atoms with Gasteiger partial charge in [-0.25, -0.2) is 4.39 Å². The van der Waals surface area contributed by atoms with E-state index < -0.39 is 29.2 Å². The molecule has 0 aliphatic rings. The molecular formula is C13H9BrF4OS. The molecule has 0 aliphatic heterocycles. The van der Waals surface area contributed by atoms with Crippen molar-refractivity contribution in [1.29, 1.82) is 0 Å². The van der Waals surface area contributed by atoms with Crippen LogP contribution in [-0.2, 0) is 6.18 Å². The molecular weight excluding hydrogens is 360 g/mol. The van der Waals surface area contributed by atoms with Crippen molar-refractivity contribution in [2.75, 3.05) is 0 Å². The van der Waals surface area contributed by atoms with Gasteiger partial charge in [0.2, 0.25) is 0 Å². The number of rotatable bonds is 2. The number of halogens is 5. The fraction of sp³-hybridized carbons (Fsp3) is 0.231. The third-order valence-electron chi connectivity index (χ3n) is 2.70. The molecule has 2 aromatic rings. The average molecular weight is 369 g/mol. The Kier molecular flexibility index (Phi) is 4.22. The van der Waals surface area contributed by atoms with Gasteiger partial charge in [0.15, 0.2) is 0 Å². The van der Waals surface area contributed by atoms with Gasteiger partial charge in [-0.3, -0.25) is 0 Å². The van der Waals surface area contributed by atoms with Crippen LogP contribution >= 0.6 is 27.3 Å². The summed E-state index contributed by atoms with van der Waals surface area (Å²) in [6, 6.07) is 5.09. The van der Waals surface area contributed by atoms with E-state index in [9.17, 15) is 22.7 Å². The van der Waals surface area contributed by atoms with E-state index in [1.165, 1.54) is 11.3 Å². The maximum absolute atomic E-state index is 14.0. The Hall–Kier alpha value is -0.920. The molecule has 0 fully saturated rings. The number of alkyl halides is 3. The highest BCUT2D eigenvalue weighted by molar-refractivity contribution is 9.10. The monoisotopic (exact) mass is 368 g/mol. The topological polar surface area (TPSA) is 20.2 Å². The molecule has 0 amide bonds. The zero-order valence-electron chi connectivity index (χ0n) is 10.1. The maximum atomic E-state index is 14.0. The van der Waals surface area contributed by atoms with E-state index in [0.717, 1.165) is 10.9 Å². The number of aliphatic hydroxyl groups is 1. The molecule has 1 aromatic heterocycles. The number of aliphatic hydroxyl groups excluding tert-OH is 1. The summed E-state index contributed by atoms with van der Waals surface area (Å²) >= 11 is 4.12. The van der Waals surface area contributed by atoms with E-state index in [0.29, 0.717) is 10.9 Å². The Labute approximate surface area is 125 Å². The zero-order chi connectivity index (χ0) is 15.1. The van der Waals surface area contributed by atoms with Crippen LogP contribution in [0, 0.1) is 12.7 Å². The van der Waals surface area contributed by atoms with Crippen LogP contribution in [0.5, 0.6) is 0 Å². The van der Waals surface area contributed by atoms with Crippen molar-refractivity contribution in [2.45, 2.75) is 19.2 Å². The lowest BCUT2D eigenvalue weighted by Gasteiger charge is -2.15. The summed E-state index contributed by atoms with van der Waals surface area (Å²) in [4.78, 5) is 1.28. The smallest absolute Gasteiger partial charge is 0.383 e. The zero-order valence-corrected chi connectivity index (χ0v) is 12.5. The SMILES string of the molecule is Cc1ccc(C(O)c2cc(Br)cc(C(F)(F)F)c2F)s1. The van der Waals surface area contributed by atoms with Gasteiger partial charge >= 0.3 is 6.18 Å². The van der Waals surface area contributed by atoms with Gasteiger partial charge in [0.05, 0.1) is 5.56 Å². The molecule has 0 spiro atoms. The first-order chi connectivity index (χ1) is 9.20. The molecule has 1 unspecified atom stereocenters. The highest BCUT2D eigenvalue weighted by atomic mass is 79.9. The van der Waals surface area contributed by atoms with Crippen molar-refractivity contribution in [3.8, 4) is 0 Å². The Morgan fingerprint density at radius 2 is 1.90 bits per heavy atom. The summed E-state index contributed by atoms with van der Waals surface area (Å²) in [5.74, 6) is -1.45. The second-order valence-corrected chi connectivity index (χ2v) is 6.44. The van der Waals surface area contributed by atoms with Gasteiger partial charge in [-0.15, -0.1) is 11.3 Å². The van der Waals surface area contributed by atoms with Crippen LogP contribution in [0.15, 0.2) is 28.7 Å². The molecule has 0 radical (unpaired) electrons. The fourth-order valence-electron chi connectivity index (χ4n) is 1.77. The summed E-state index contributed by atoms with van der Waals surface area (Å²) < 4.78 is 52.3. The molecule has 0 saturated heterocycles. The second-order valence-electron chi connectivity index (χ2n) is 4.21. The number of hydrogen-bond acceptors (Lipinski definition) is 2. The summed E-state index contributed by atoms with van der Waals surface area (Å²) in [5.41, 5.74) is -1.79. The molecule has 1 N–H and O–H groups in total. The van der Waals surface area contributed by atoms with Gasteiger partial charge in [0.1, 0.15) is 11.9 Å². The Morgan fingerprint density at radius 1 is 1.25 bits per heavy atom. The Bertz CT molecular complexity index is 636. The van der Waals surface area contributed by atoms with Gasteiger partial charge in [-0.1, -0.05) is 15.9 Å². The minimum absolute atomic E-state index is 0.0635. The minimum Gasteiger partial charge on any atom is -0.383 e. The van der Waals surface area contributed by atoms with Crippen LogP contribution in [0.4, 0.5) is 17.6 Å². The second kappa shape index (κ2) is 5.46. The van der Waals surface area contributed by atoms with E-state index in [1.807, 2.05) is 0 Å². The molecule has 1 heterocycles. The van der Waals surface area contributed by atoms with Crippen LogP contribution in [0.3, 0.4) is 0 Å². The van der Waals surface area contributed by atoms with E-state index in [4.69, 9.17) is 0 Å². The molecule has 0 aliphatic carbocycles. The molecule has 1 aromatic carbocycles. The number of hydrogen-bond donors (Lipinski definition) is 1. The van der Waals surface area contributed by atoms with Crippen LogP contribution in [0.1, 0.15) is 27.0 Å². The number of aryl methyl sites for hydroxylation is 1. The summed E-state index contributed by atoms with van der Waals surface area (Å²) in [5, 5.41) is 10.1. The molecule has 1 nitrogen and oxygen atoms in total. The highest BCUT2D eigenvalue weighted by Crippen LogP contribution is 2.38. The van der Waals surface area contributed by atoms with Crippen molar-refractivity contribution in [3.63, 3.8) is 0 Å². The van der Waals surface area contributed by atoms with Crippen LogP contribution in [0.25, 0.3) is 0 Å². The normalized spacial score (nSPS) is 13.6. The number of benzene rings is 1. The molecule has 7 heteroatoms. The van der Waals surface area contributed by atoms with Crippen molar-refractivity contribution >= 4 is 27.3 Å². The lowest BCUT2D eigenvalue weighted by molar-refractivity contribution is -0.140. The predicted octanol–water partition coefficient (Wildman–Crippen LogP) is 5.06. The van der Waals surface area contributed by atoms with Gasteiger partial charge in [-0.2, -0.15) is 13.2 Å². The van der Waals surface area contributed by atoms with Crippen LogP contribution in [0.2, 0.25) is 0 Å². The van der Waals surface area contributed by atoms with Gasteiger partial charge in [0, 0.05) is 19.8 Å². The van der Waals surface area contributed by atoms with E-state index in [2.05, 4.69) is 15.9 Å². The third-order valence-corrected chi connectivity index (χ3v) is 4.21. The highest BCUT2D eigenvalue weighted by Gasteiger charge is 2.36. The first kappa shape index (κ1) is 15.5. The average Bonchev–Trinajstić information content (AvgIpc) is 2.76. The Balaban J connectivity index is 2.54. The summed E-state index contributed by atoms with van der Waals surface area (Å²) in [6.45, 7) is 1.79. The standard InChI is InChI=1S/C13H9BrF4OS/c1-6-2-3-10(20-6)12(19)8-4-7(14)5-9(11(8)15)13(16,17)18/h2-5,12,19H,1H3. The molecule has 0 bridgehead atoms. The molecule has 2 rings (SSSR count). The van der Waals surface area contributed by atoms with Gasteiger partial charge < -0.3 is 5.11 Å². The van der Waals surface area contributed by atoms with E-state index >= 15 is 0 Å². The number of thiophene rings is 1. The van der Waals surface area contributed by atoms with Gasteiger partial charge in [-0.05, 0) is 31.2 Å². The lowest BCUT2D eigenvalue weighted by Crippen LogP contribution is -2.12. The minimum atomic E-state index is -4.81. The molecule has 0 saturated carbocycles. The fourth-order valence-corrected chi connectivity index (χ4v) is 3.13. The molecule has 108 valence electrons. The predicted molar refractivity (Wildman–Crippen MR) is 72.2 cm³/mol. The van der Waals surface area contributed by atoms with Crippen LogP contribution in [-0.4, -0.2) is 5.11 Å². The Morgan fingerprint density at radius 3 is 2.40 bits per heavy atom. The van der Waals surface area contributed by atoms with Crippen molar-refractivity contribution in [1.82, 2.24) is 0 Å². The maximum Gasteiger partial charge on any atom is 0.419 e. The molecule has 20 heavy (non-hydrogen) atoms. The van der Waals surface area contributed by atoms with Crippen molar-refractivity contribution < 1.29 is 22.7 Å². The first-order valence-electron chi connectivity index (χ1n) is 5.50.